The lowest BCUT2D eigenvalue weighted by Gasteiger charge is -2.50. The van der Waals surface area contributed by atoms with Crippen molar-refractivity contribution in [2.24, 2.45) is 0 Å². The van der Waals surface area contributed by atoms with E-state index in [1.165, 1.54) is 0 Å². The minimum absolute atomic E-state index is 0.644. The fraction of sp³-hybridized carbons (Fsp3) is 0.0909. The van der Waals surface area contributed by atoms with Gasteiger partial charge in [-0.25, -0.2) is 0 Å². The van der Waals surface area contributed by atoms with Crippen LogP contribution < -0.4 is 0 Å². The van der Waals surface area contributed by atoms with Gasteiger partial charge in [-0.1, -0.05) is 231 Å². The number of rotatable bonds is 8. The Balaban J connectivity index is 1.29. The SMILES string of the molecule is OC1(c2ccc(-c3ccccc3)cc2)C2=C(CCCC2)C(O)(c2ccc(-c3ccccc3)cc2)c2c1c(-c1ccccc1)c1cc(-c3ccccc3)c(-c3ccccc3)cc1c2-c1ccccc1. The van der Waals surface area contributed by atoms with E-state index in [9.17, 15) is 10.2 Å². The molecule has 0 fully saturated rings. The molecule has 0 bridgehead atoms. The van der Waals surface area contributed by atoms with Gasteiger partial charge in [0.15, 0.2) is 0 Å². The van der Waals surface area contributed by atoms with E-state index in [0.29, 0.717) is 12.8 Å². The minimum Gasteiger partial charge on any atom is -0.376 e. The van der Waals surface area contributed by atoms with Crippen molar-refractivity contribution in [3.8, 4) is 66.8 Å². The quantitative estimate of drug-likeness (QED) is 0.149. The summed E-state index contributed by atoms with van der Waals surface area (Å²) in [5.74, 6) is 0. The average molecular weight is 875 g/mol. The molecule has 2 N–H and O–H groups in total. The first-order valence-electron chi connectivity index (χ1n) is 23.9. The summed E-state index contributed by atoms with van der Waals surface area (Å²) in [4.78, 5) is 0. The summed E-state index contributed by atoms with van der Waals surface area (Å²) in [5.41, 5.74) is 14.1. The lowest BCUT2D eigenvalue weighted by atomic mass is 9.57. The van der Waals surface area contributed by atoms with E-state index in [-0.39, 0.29) is 0 Å². The van der Waals surface area contributed by atoms with Crippen LogP contribution in [0.3, 0.4) is 0 Å². The molecule has 2 heteroatoms. The Bertz CT molecular complexity index is 3220. The van der Waals surface area contributed by atoms with E-state index in [1.54, 1.807) is 0 Å². The molecule has 0 radical (unpaired) electrons. The molecular weight excluding hydrogens is 825 g/mol. The van der Waals surface area contributed by atoms with E-state index < -0.39 is 11.2 Å². The van der Waals surface area contributed by atoms with E-state index >= 15 is 0 Å². The van der Waals surface area contributed by atoms with Crippen molar-refractivity contribution in [2.45, 2.75) is 36.9 Å². The molecule has 2 unspecified atom stereocenters. The Labute approximate surface area is 398 Å². The summed E-state index contributed by atoms with van der Waals surface area (Å²) in [6.45, 7) is 0. The molecule has 2 aliphatic rings. The first kappa shape index (κ1) is 41.5. The van der Waals surface area contributed by atoms with Crippen LogP contribution >= 0.6 is 0 Å². The highest BCUT2D eigenvalue weighted by Crippen LogP contribution is 2.63. The first-order chi connectivity index (χ1) is 33.5. The van der Waals surface area contributed by atoms with Crippen LogP contribution in [0.4, 0.5) is 0 Å². The van der Waals surface area contributed by atoms with Crippen LogP contribution in [0.5, 0.6) is 0 Å². The molecule has 0 spiro atoms. The predicted octanol–water partition coefficient (Wildman–Crippen LogP) is 16.2. The summed E-state index contributed by atoms with van der Waals surface area (Å²) in [5, 5.41) is 31.5. The van der Waals surface area contributed by atoms with Gasteiger partial charge in [0.2, 0.25) is 0 Å². The molecule has 0 saturated heterocycles. The Morgan fingerprint density at radius 2 is 0.544 bits per heavy atom. The van der Waals surface area contributed by atoms with Gasteiger partial charge in [-0.15, -0.1) is 0 Å². The van der Waals surface area contributed by atoms with Gasteiger partial charge in [0.25, 0.3) is 0 Å². The lowest BCUT2D eigenvalue weighted by molar-refractivity contribution is 0.0620. The fourth-order valence-electron chi connectivity index (χ4n) is 11.5. The van der Waals surface area contributed by atoms with Crippen molar-refractivity contribution in [2.75, 3.05) is 0 Å². The van der Waals surface area contributed by atoms with Crippen molar-refractivity contribution in [1.29, 1.82) is 0 Å². The molecular formula is C66H50O2. The second-order valence-electron chi connectivity index (χ2n) is 18.4. The summed E-state index contributed by atoms with van der Waals surface area (Å²) in [6, 6.07) is 85.1. The van der Waals surface area contributed by atoms with Gasteiger partial charge in [0.05, 0.1) is 0 Å². The molecule has 0 aromatic heterocycles. The standard InChI is InChI=1S/C66H50O2/c67-65(53-39-35-47(36-40-53)45-21-7-1-8-22-45)59-33-19-20-34-60(59)66(68,54-41-37-48(38-42-54)46-23-9-2-10-24-46)64-62(52-31-17-6-18-32-52)58-44-56(50-27-13-4-14-28-50)55(49-25-11-3-12-26-49)43-57(58)61(63(64)65)51-29-15-5-16-30-51/h1-18,21-32,35-44,67-68H,19-20,33-34H2. The van der Waals surface area contributed by atoms with Crippen LogP contribution in [0.1, 0.15) is 47.9 Å². The minimum atomic E-state index is -1.62. The smallest absolute Gasteiger partial charge is 0.138 e. The third-order valence-electron chi connectivity index (χ3n) is 14.6. The van der Waals surface area contributed by atoms with E-state index in [1.807, 2.05) is 12.1 Å². The third-order valence-corrected chi connectivity index (χ3v) is 14.6. The molecule has 0 aliphatic heterocycles. The maximum absolute atomic E-state index is 14.7. The molecule has 0 saturated carbocycles. The van der Waals surface area contributed by atoms with E-state index in [4.69, 9.17) is 0 Å². The molecule has 0 amide bonds. The van der Waals surface area contributed by atoms with Crippen LogP contribution in [0.2, 0.25) is 0 Å². The fourth-order valence-corrected chi connectivity index (χ4v) is 11.5. The lowest BCUT2D eigenvalue weighted by Crippen LogP contribution is -2.46. The molecule has 12 rings (SSSR count). The topological polar surface area (TPSA) is 40.5 Å². The van der Waals surface area contributed by atoms with Gasteiger partial charge in [0, 0.05) is 11.1 Å². The second-order valence-corrected chi connectivity index (χ2v) is 18.4. The molecule has 2 aliphatic carbocycles. The van der Waals surface area contributed by atoms with Crippen LogP contribution in [0.15, 0.2) is 254 Å². The maximum atomic E-state index is 14.7. The van der Waals surface area contributed by atoms with Crippen molar-refractivity contribution in [3.05, 3.63) is 276 Å². The van der Waals surface area contributed by atoms with Gasteiger partial charge in [0.1, 0.15) is 11.2 Å². The highest BCUT2D eigenvalue weighted by Gasteiger charge is 2.55. The monoisotopic (exact) mass is 874 g/mol. The first-order valence-corrected chi connectivity index (χ1v) is 23.9. The van der Waals surface area contributed by atoms with E-state index in [0.717, 1.165) is 124 Å². The third kappa shape index (κ3) is 6.79. The van der Waals surface area contributed by atoms with Crippen molar-refractivity contribution < 1.29 is 10.2 Å². The van der Waals surface area contributed by atoms with Crippen molar-refractivity contribution >= 4 is 10.8 Å². The summed E-state index contributed by atoms with van der Waals surface area (Å²) in [7, 11) is 0. The molecule has 0 heterocycles. The maximum Gasteiger partial charge on any atom is 0.138 e. The zero-order valence-corrected chi connectivity index (χ0v) is 37.8. The average Bonchev–Trinajstić information content (AvgIpc) is 3.43. The molecule has 2 atom stereocenters. The van der Waals surface area contributed by atoms with Crippen LogP contribution in [0.25, 0.3) is 77.5 Å². The van der Waals surface area contributed by atoms with Gasteiger partial charge in [-0.05, 0) is 138 Å². The summed E-state index contributed by atoms with van der Waals surface area (Å²) >= 11 is 0. The number of fused-ring (bicyclic) bond motifs is 2. The Kier molecular flexibility index (Phi) is 10.4. The van der Waals surface area contributed by atoms with Crippen LogP contribution in [-0.2, 0) is 11.2 Å². The van der Waals surface area contributed by atoms with Crippen molar-refractivity contribution in [3.63, 3.8) is 0 Å². The number of hydrogen-bond acceptors (Lipinski definition) is 2. The van der Waals surface area contributed by atoms with Crippen LogP contribution in [0, 0.1) is 0 Å². The highest BCUT2D eigenvalue weighted by molar-refractivity contribution is 6.13. The van der Waals surface area contributed by atoms with Crippen molar-refractivity contribution in [1.82, 2.24) is 0 Å². The number of hydrogen-bond donors (Lipinski definition) is 2. The van der Waals surface area contributed by atoms with Gasteiger partial charge in [-0.3, -0.25) is 0 Å². The number of benzene rings is 10. The largest absolute Gasteiger partial charge is 0.376 e. The second kappa shape index (κ2) is 17.1. The molecule has 2 nitrogen and oxygen atoms in total. The predicted molar refractivity (Wildman–Crippen MR) is 281 cm³/mol. The van der Waals surface area contributed by atoms with E-state index in [2.05, 4.69) is 231 Å². The van der Waals surface area contributed by atoms with Gasteiger partial charge < -0.3 is 10.2 Å². The Morgan fingerprint density at radius 1 is 0.279 bits per heavy atom. The van der Waals surface area contributed by atoms with Gasteiger partial charge in [-0.2, -0.15) is 0 Å². The molecule has 326 valence electrons. The Hall–Kier alpha value is -7.88. The highest BCUT2D eigenvalue weighted by atomic mass is 16.3. The molecule has 68 heavy (non-hydrogen) atoms. The normalized spacial score (nSPS) is 17.7. The molecule has 10 aromatic rings. The zero-order valence-electron chi connectivity index (χ0n) is 37.8. The number of aliphatic hydroxyl groups is 2. The molecule has 10 aromatic carbocycles. The summed E-state index contributed by atoms with van der Waals surface area (Å²) < 4.78 is 0. The Morgan fingerprint density at radius 3 is 0.853 bits per heavy atom. The van der Waals surface area contributed by atoms with Gasteiger partial charge >= 0.3 is 0 Å². The summed E-state index contributed by atoms with van der Waals surface area (Å²) in [6.07, 6.45) is 3.09. The zero-order chi connectivity index (χ0) is 45.7. The van der Waals surface area contributed by atoms with Crippen LogP contribution in [-0.4, -0.2) is 10.2 Å².